The van der Waals surface area contributed by atoms with Gasteiger partial charge in [-0.15, -0.1) is 0 Å². The molecule has 0 saturated carbocycles. The molecule has 0 radical (unpaired) electrons. The van der Waals surface area contributed by atoms with Crippen LogP contribution in [0.2, 0.25) is 0 Å². The van der Waals surface area contributed by atoms with Crippen LogP contribution in [0, 0.1) is 0 Å². The van der Waals surface area contributed by atoms with Gasteiger partial charge in [-0.1, -0.05) is 96.1 Å². The number of nitrogens with two attached hydrogens (primary N) is 1. The second kappa shape index (κ2) is 13.7. The van der Waals surface area contributed by atoms with Crippen molar-refractivity contribution in [2.24, 2.45) is 0 Å². The first kappa shape index (κ1) is 19.1. The summed E-state index contributed by atoms with van der Waals surface area (Å²) in [5.74, 6) is 0. The van der Waals surface area contributed by atoms with Gasteiger partial charge in [0, 0.05) is 5.69 Å². The lowest BCUT2D eigenvalue weighted by Crippen LogP contribution is -1.88. The summed E-state index contributed by atoms with van der Waals surface area (Å²) in [5, 5.41) is 0. The Morgan fingerprint density at radius 1 is 0.591 bits per heavy atom. The second-order valence-electron chi connectivity index (χ2n) is 6.73. The molecular formula is C21H37N. The molecule has 0 aromatic heterocycles. The minimum atomic E-state index is 0.870. The Morgan fingerprint density at radius 3 is 1.45 bits per heavy atom. The highest BCUT2D eigenvalue weighted by Crippen LogP contribution is 2.14. The van der Waals surface area contributed by atoms with Gasteiger partial charge in [-0.2, -0.15) is 0 Å². The van der Waals surface area contributed by atoms with Crippen LogP contribution in [0.5, 0.6) is 0 Å². The zero-order valence-corrected chi connectivity index (χ0v) is 14.8. The first-order valence-corrected chi connectivity index (χ1v) is 9.67. The fourth-order valence-corrected chi connectivity index (χ4v) is 3.03. The van der Waals surface area contributed by atoms with Crippen molar-refractivity contribution in [3.05, 3.63) is 29.8 Å². The molecule has 0 aliphatic carbocycles. The highest BCUT2D eigenvalue weighted by molar-refractivity contribution is 5.39. The normalized spacial score (nSPS) is 11.0. The van der Waals surface area contributed by atoms with E-state index in [0.717, 1.165) is 5.69 Å². The van der Waals surface area contributed by atoms with E-state index in [1.807, 2.05) is 12.1 Å². The van der Waals surface area contributed by atoms with Gasteiger partial charge in [0.25, 0.3) is 0 Å². The molecule has 0 aliphatic rings. The maximum atomic E-state index is 5.70. The van der Waals surface area contributed by atoms with E-state index in [1.54, 1.807) is 0 Å². The fourth-order valence-electron chi connectivity index (χ4n) is 3.03. The zero-order valence-electron chi connectivity index (χ0n) is 14.8. The van der Waals surface area contributed by atoms with E-state index in [9.17, 15) is 0 Å². The molecule has 1 aromatic carbocycles. The van der Waals surface area contributed by atoms with Crippen molar-refractivity contribution in [1.82, 2.24) is 0 Å². The Labute approximate surface area is 138 Å². The second-order valence-corrected chi connectivity index (χ2v) is 6.73. The van der Waals surface area contributed by atoms with E-state index < -0.39 is 0 Å². The number of aryl methyl sites for hydroxylation is 1. The number of hydrogen-bond acceptors (Lipinski definition) is 1. The van der Waals surface area contributed by atoms with Crippen LogP contribution in [0.3, 0.4) is 0 Å². The molecule has 0 atom stereocenters. The van der Waals surface area contributed by atoms with Gasteiger partial charge in [-0.3, -0.25) is 0 Å². The predicted molar refractivity (Wildman–Crippen MR) is 100 cm³/mol. The lowest BCUT2D eigenvalue weighted by molar-refractivity contribution is 0.539. The summed E-state index contributed by atoms with van der Waals surface area (Å²) in [6.07, 6.45) is 19.7. The summed E-state index contributed by atoms with van der Waals surface area (Å²) >= 11 is 0. The summed E-state index contributed by atoms with van der Waals surface area (Å²) < 4.78 is 0. The van der Waals surface area contributed by atoms with Crippen LogP contribution in [0.1, 0.15) is 96.0 Å². The van der Waals surface area contributed by atoms with Gasteiger partial charge in [0.1, 0.15) is 0 Å². The quantitative estimate of drug-likeness (QED) is 0.293. The summed E-state index contributed by atoms with van der Waals surface area (Å²) in [6, 6.07) is 8.35. The maximum Gasteiger partial charge on any atom is 0.0314 e. The Hall–Kier alpha value is -0.980. The van der Waals surface area contributed by atoms with E-state index in [0.29, 0.717) is 0 Å². The monoisotopic (exact) mass is 303 g/mol. The Morgan fingerprint density at radius 2 is 1.00 bits per heavy atom. The fraction of sp³-hybridized carbons (Fsp3) is 0.714. The Balaban J connectivity index is 1.79. The number of anilines is 1. The predicted octanol–water partition coefficient (Wildman–Crippen LogP) is 6.90. The zero-order chi connectivity index (χ0) is 15.9. The standard InChI is InChI=1S/C21H37N/c1-2-3-4-5-6-7-8-9-10-11-12-13-14-15-20-16-18-21(22)19-17-20/h16-19H,2-15,22H2,1H3. The van der Waals surface area contributed by atoms with Crippen molar-refractivity contribution < 1.29 is 0 Å². The van der Waals surface area contributed by atoms with Crippen LogP contribution in [0.4, 0.5) is 5.69 Å². The SMILES string of the molecule is CCCCCCCCCCCCCCCc1ccc(N)cc1. The molecule has 2 N–H and O–H groups in total. The van der Waals surface area contributed by atoms with Crippen molar-refractivity contribution in [3.63, 3.8) is 0 Å². The highest BCUT2D eigenvalue weighted by Gasteiger charge is 1.95. The summed E-state index contributed by atoms with van der Waals surface area (Å²) in [7, 11) is 0. The van der Waals surface area contributed by atoms with Crippen molar-refractivity contribution in [1.29, 1.82) is 0 Å². The lowest BCUT2D eigenvalue weighted by Gasteiger charge is -2.04. The molecule has 1 rings (SSSR count). The summed E-state index contributed by atoms with van der Waals surface area (Å²) in [5.41, 5.74) is 8.00. The molecule has 0 spiro atoms. The third kappa shape index (κ3) is 10.7. The molecular weight excluding hydrogens is 266 g/mol. The van der Waals surface area contributed by atoms with Crippen molar-refractivity contribution in [2.75, 3.05) is 5.73 Å². The first-order valence-electron chi connectivity index (χ1n) is 9.67. The lowest BCUT2D eigenvalue weighted by atomic mass is 10.0. The number of hydrogen-bond donors (Lipinski definition) is 1. The van der Waals surface area contributed by atoms with Crippen LogP contribution < -0.4 is 5.73 Å². The van der Waals surface area contributed by atoms with Gasteiger partial charge in [0.2, 0.25) is 0 Å². The Bertz CT molecular complexity index is 341. The minimum Gasteiger partial charge on any atom is -0.399 e. The smallest absolute Gasteiger partial charge is 0.0314 e. The number of rotatable bonds is 14. The average Bonchev–Trinajstić information content (AvgIpc) is 2.53. The van der Waals surface area contributed by atoms with Gasteiger partial charge in [0.15, 0.2) is 0 Å². The minimum absolute atomic E-state index is 0.870. The molecule has 0 fully saturated rings. The third-order valence-electron chi connectivity index (χ3n) is 4.55. The van der Waals surface area contributed by atoms with Gasteiger partial charge in [-0.25, -0.2) is 0 Å². The number of unbranched alkanes of at least 4 members (excludes halogenated alkanes) is 12. The van der Waals surface area contributed by atoms with E-state index in [4.69, 9.17) is 5.73 Å². The topological polar surface area (TPSA) is 26.0 Å². The highest BCUT2D eigenvalue weighted by atomic mass is 14.5. The van der Waals surface area contributed by atoms with Gasteiger partial charge in [0.05, 0.1) is 0 Å². The van der Waals surface area contributed by atoms with E-state index in [2.05, 4.69) is 19.1 Å². The van der Waals surface area contributed by atoms with Gasteiger partial charge in [-0.05, 0) is 30.5 Å². The maximum absolute atomic E-state index is 5.70. The van der Waals surface area contributed by atoms with Crippen LogP contribution in [0.15, 0.2) is 24.3 Å². The van der Waals surface area contributed by atoms with E-state index >= 15 is 0 Å². The number of nitrogen functional groups attached to an aromatic ring is 1. The molecule has 1 nitrogen and oxygen atoms in total. The molecule has 0 bridgehead atoms. The molecule has 22 heavy (non-hydrogen) atoms. The molecule has 0 aliphatic heterocycles. The molecule has 1 aromatic rings. The van der Waals surface area contributed by atoms with Crippen LogP contribution in [-0.2, 0) is 6.42 Å². The molecule has 1 heteroatoms. The van der Waals surface area contributed by atoms with E-state index in [1.165, 1.54) is 95.5 Å². The van der Waals surface area contributed by atoms with Gasteiger partial charge < -0.3 is 5.73 Å². The first-order chi connectivity index (χ1) is 10.8. The summed E-state index contributed by atoms with van der Waals surface area (Å²) in [6.45, 7) is 2.29. The molecule has 0 saturated heterocycles. The van der Waals surface area contributed by atoms with Gasteiger partial charge >= 0.3 is 0 Å². The van der Waals surface area contributed by atoms with Crippen LogP contribution in [0.25, 0.3) is 0 Å². The van der Waals surface area contributed by atoms with Crippen molar-refractivity contribution in [3.8, 4) is 0 Å². The van der Waals surface area contributed by atoms with Crippen LogP contribution >= 0.6 is 0 Å². The average molecular weight is 304 g/mol. The van der Waals surface area contributed by atoms with Crippen LogP contribution in [-0.4, -0.2) is 0 Å². The largest absolute Gasteiger partial charge is 0.399 e. The molecule has 126 valence electrons. The van der Waals surface area contributed by atoms with Crippen molar-refractivity contribution in [2.45, 2.75) is 96.8 Å². The molecule has 0 heterocycles. The van der Waals surface area contributed by atoms with Crippen molar-refractivity contribution >= 4 is 5.69 Å². The number of benzene rings is 1. The van der Waals surface area contributed by atoms with E-state index in [-0.39, 0.29) is 0 Å². The molecule has 0 unspecified atom stereocenters. The summed E-state index contributed by atoms with van der Waals surface area (Å²) in [4.78, 5) is 0. The third-order valence-corrected chi connectivity index (χ3v) is 4.55. The molecule has 0 amide bonds. The Kier molecular flexibility index (Phi) is 11.8.